The lowest BCUT2D eigenvalue weighted by atomic mass is 10.2. The van der Waals surface area contributed by atoms with E-state index in [0.717, 1.165) is 6.07 Å². The van der Waals surface area contributed by atoms with Crippen LogP contribution < -0.4 is 14.2 Å². The van der Waals surface area contributed by atoms with E-state index in [2.05, 4.69) is 0 Å². The number of Topliss-reactive ketones (excluding diaryl/α,β-unsaturated/α-hetero) is 3. The Hall–Kier alpha value is -3.36. The normalized spacial score (nSPS) is 9.89. The monoisotopic (exact) mass is 378 g/mol. The first-order valence-electron chi connectivity index (χ1n) is 7.81. The molecule has 0 radical (unpaired) electrons. The maximum Gasteiger partial charge on any atom is 0.318 e. The molecule has 9 nitrogen and oxygen atoms in total. The highest BCUT2D eigenvalue weighted by Gasteiger charge is 2.18. The van der Waals surface area contributed by atoms with Crippen LogP contribution in [0, 0.1) is 0 Å². The lowest BCUT2D eigenvalue weighted by Gasteiger charge is -2.12. The van der Waals surface area contributed by atoms with Crippen molar-refractivity contribution in [3.05, 3.63) is 18.2 Å². The summed E-state index contributed by atoms with van der Waals surface area (Å²) in [4.78, 5) is 67.9. The van der Waals surface area contributed by atoms with Gasteiger partial charge in [-0.05, 0) is 32.9 Å². The Morgan fingerprint density at radius 3 is 1.48 bits per heavy atom. The minimum Gasteiger partial charge on any atom is -0.426 e. The maximum atomic E-state index is 11.7. The summed E-state index contributed by atoms with van der Waals surface area (Å²) in [5.41, 5.74) is 0. The van der Waals surface area contributed by atoms with Gasteiger partial charge in [-0.25, -0.2) is 0 Å². The topological polar surface area (TPSA) is 130 Å². The number of carbonyl (C=O) groups excluding carboxylic acids is 6. The SMILES string of the molecule is CC(=O)CC(=O)Oc1ccc(OC(=O)CC(C)=O)c(OC(=O)CC(C)=O)c1. The molecule has 9 heteroatoms. The molecule has 0 heterocycles. The second-order valence-corrected chi connectivity index (χ2v) is 5.67. The molecule has 27 heavy (non-hydrogen) atoms. The molecule has 0 saturated carbocycles. The van der Waals surface area contributed by atoms with Crippen molar-refractivity contribution in [2.75, 3.05) is 0 Å². The fraction of sp³-hybridized carbons (Fsp3) is 0.333. The van der Waals surface area contributed by atoms with E-state index in [1.165, 1.54) is 32.9 Å². The molecule has 0 fully saturated rings. The highest BCUT2D eigenvalue weighted by molar-refractivity contribution is 5.97. The van der Waals surface area contributed by atoms with Gasteiger partial charge in [-0.1, -0.05) is 0 Å². The summed E-state index contributed by atoms with van der Waals surface area (Å²) in [6, 6.07) is 3.52. The Kier molecular flexibility index (Phi) is 7.99. The first-order valence-corrected chi connectivity index (χ1v) is 7.81. The highest BCUT2D eigenvalue weighted by Crippen LogP contribution is 2.32. The number of esters is 3. The van der Waals surface area contributed by atoms with Gasteiger partial charge < -0.3 is 14.2 Å². The van der Waals surface area contributed by atoms with Gasteiger partial charge in [-0.15, -0.1) is 0 Å². The van der Waals surface area contributed by atoms with Gasteiger partial charge in [0, 0.05) is 6.07 Å². The lowest BCUT2D eigenvalue weighted by Crippen LogP contribution is -2.16. The smallest absolute Gasteiger partial charge is 0.318 e. The van der Waals surface area contributed by atoms with Crippen molar-refractivity contribution in [1.29, 1.82) is 0 Å². The zero-order valence-electron chi connectivity index (χ0n) is 15.0. The summed E-state index contributed by atoms with van der Waals surface area (Å²) in [7, 11) is 0. The Morgan fingerprint density at radius 1 is 0.630 bits per heavy atom. The Bertz CT molecular complexity index is 792. The van der Waals surface area contributed by atoms with Crippen molar-refractivity contribution < 1.29 is 43.0 Å². The van der Waals surface area contributed by atoms with Crippen LogP contribution in [0.5, 0.6) is 17.2 Å². The number of ketones is 3. The molecule has 0 saturated heterocycles. The third-order valence-electron chi connectivity index (χ3n) is 2.77. The van der Waals surface area contributed by atoms with Crippen molar-refractivity contribution >= 4 is 35.3 Å². The van der Waals surface area contributed by atoms with Crippen LogP contribution in [-0.4, -0.2) is 35.3 Å². The summed E-state index contributed by atoms with van der Waals surface area (Å²) in [5.74, 6) is -4.46. The van der Waals surface area contributed by atoms with Gasteiger partial charge in [0.1, 0.15) is 42.4 Å². The molecule has 0 spiro atoms. The average molecular weight is 378 g/mol. The molecule has 0 N–H and O–H groups in total. The van der Waals surface area contributed by atoms with E-state index in [1.807, 2.05) is 0 Å². The molecule has 0 unspecified atom stereocenters. The van der Waals surface area contributed by atoms with Crippen LogP contribution in [0.3, 0.4) is 0 Å². The van der Waals surface area contributed by atoms with Crippen molar-refractivity contribution in [2.45, 2.75) is 40.0 Å². The predicted molar refractivity (Wildman–Crippen MR) is 89.2 cm³/mol. The highest BCUT2D eigenvalue weighted by atomic mass is 16.6. The minimum atomic E-state index is -0.918. The molecule has 1 rings (SSSR count). The molecule has 1 aromatic rings. The number of hydrogen-bond donors (Lipinski definition) is 0. The van der Waals surface area contributed by atoms with Crippen LogP contribution in [0.1, 0.15) is 40.0 Å². The summed E-state index contributed by atoms with van der Waals surface area (Å²) < 4.78 is 14.9. The van der Waals surface area contributed by atoms with Crippen molar-refractivity contribution in [3.8, 4) is 17.2 Å². The van der Waals surface area contributed by atoms with E-state index in [9.17, 15) is 28.8 Å². The molecule has 0 aliphatic heterocycles. The second-order valence-electron chi connectivity index (χ2n) is 5.67. The van der Waals surface area contributed by atoms with Gasteiger partial charge in [0.15, 0.2) is 11.5 Å². The lowest BCUT2D eigenvalue weighted by molar-refractivity contribution is -0.140. The molecule has 0 aromatic heterocycles. The summed E-state index contributed by atoms with van der Waals surface area (Å²) in [6.07, 6.45) is -1.46. The molecule has 0 aliphatic carbocycles. The van der Waals surface area contributed by atoms with Crippen LogP contribution >= 0.6 is 0 Å². The average Bonchev–Trinajstić information content (AvgIpc) is 2.47. The Morgan fingerprint density at radius 2 is 1.04 bits per heavy atom. The van der Waals surface area contributed by atoms with Crippen molar-refractivity contribution in [1.82, 2.24) is 0 Å². The molecule has 1 aromatic carbocycles. The van der Waals surface area contributed by atoms with Crippen LogP contribution in [-0.2, 0) is 28.8 Å². The summed E-state index contributed by atoms with van der Waals surface area (Å²) >= 11 is 0. The predicted octanol–water partition coefficient (Wildman–Crippen LogP) is 1.34. The van der Waals surface area contributed by atoms with Gasteiger partial charge in [-0.2, -0.15) is 0 Å². The third-order valence-corrected chi connectivity index (χ3v) is 2.77. The zero-order chi connectivity index (χ0) is 20.6. The van der Waals surface area contributed by atoms with E-state index in [1.54, 1.807) is 0 Å². The largest absolute Gasteiger partial charge is 0.426 e. The Labute approximate surface area is 154 Å². The van der Waals surface area contributed by atoms with Crippen LogP contribution in [0.4, 0.5) is 0 Å². The first kappa shape index (κ1) is 21.7. The standard InChI is InChI=1S/C18H18O9/c1-10(19)6-16(22)25-13-4-5-14(26-17(23)7-11(2)20)15(9-13)27-18(24)8-12(3)21/h4-5,9H,6-8H2,1-3H3. The molecular weight excluding hydrogens is 360 g/mol. The van der Waals surface area contributed by atoms with E-state index < -0.39 is 54.5 Å². The zero-order valence-corrected chi connectivity index (χ0v) is 15.0. The summed E-state index contributed by atoms with van der Waals surface area (Å²) in [6.45, 7) is 3.61. The fourth-order valence-corrected chi connectivity index (χ4v) is 1.81. The van der Waals surface area contributed by atoms with Crippen molar-refractivity contribution in [3.63, 3.8) is 0 Å². The maximum absolute atomic E-state index is 11.7. The second kappa shape index (κ2) is 9.95. The quantitative estimate of drug-likeness (QED) is 0.355. The van der Waals surface area contributed by atoms with Crippen molar-refractivity contribution in [2.24, 2.45) is 0 Å². The van der Waals surface area contributed by atoms with E-state index in [4.69, 9.17) is 14.2 Å². The molecular formula is C18H18O9. The van der Waals surface area contributed by atoms with E-state index in [-0.39, 0.29) is 17.2 Å². The minimum absolute atomic E-state index is 0.0711. The van der Waals surface area contributed by atoms with Gasteiger partial charge in [0.2, 0.25) is 0 Å². The van der Waals surface area contributed by atoms with Gasteiger partial charge in [-0.3, -0.25) is 28.8 Å². The molecule has 0 atom stereocenters. The summed E-state index contributed by atoms with van der Waals surface area (Å²) in [5, 5.41) is 0. The van der Waals surface area contributed by atoms with Crippen LogP contribution in [0.2, 0.25) is 0 Å². The number of benzene rings is 1. The number of carbonyl (C=O) groups is 6. The third kappa shape index (κ3) is 8.52. The first-order chi connectivity index (χ1) is 12.6. The number of hydrogen-bond acceptors (Lipinski definition) is 9. The molecule has 0 amide bonds. The number of rotatable bonds is 9. The van der Waals surface area contributed by atoms with Crippen LogP contribution in [0.25, 0.3) is 0 Å². The molecule has 0 aliphatic rings. The fourth-order valence-electron chi connectivity index (χ4n) is 1.81. The van der Waals surface area contributed by atoms with E-state index >= 15 is 0 Å². The van der Waals surface area contributed by atoms with Gasteiger partial charge in [0.05, 0.1) is 0 Å². The van der Waals surface area contributed by atoms with E-state index in [0.29, 0.717) is 0 Å². The molecule has 144 valence electrons. The number of ether oxygens (including phenoxy) is 3. The van der Waals surface area contributed by atoms with Gasteiger partial charge in [0.25, 0.3) is 0 Å². The Balaban J connectivity index is 3.06. The molecule has 0 bridgehead atoms. The van der Waals surface area contributed by atoms with Gasteiger partial charge >= 0.3 is 17.9 Å². The van der Waals surface area contributed by atoms with Crippen LogP contribution in [0.15, 0.2) is 18.2 Å².